The predicted molar refractivity (Wildman–Crippen MR) is 222 cm³/mol. The van der Waals surface area contributed by atoms with Gasteiger partial charge < -0.3 is 8.98 Å². The van der Waals surface area contributed by atoms with E-state index in [1.165, 1.54) is 42.5 Å². The van der Waals surface area contributed by atoms with Crippen molar-refractivity contribution >= 4 is 96.9 Å². The van der Waals surface area contributed by atoms with Gasteiger partial charge in [-0.2, -0.15) is 0 Å². The number of fused-ring (bicyclic) bond motifs is 12. The summed E-state index contributed by atoms with van der Waals surface area (Å²) in [5.41, 5.74) is 8.91. The molecule has 0 N–H and O–H groups in total. The van der Waals surface area contributed by atoms with Gasteiger partial charge in [0.2, 0.25) is 0 Å². The minimum Gasteiger partial charge on any atom is -0.454 e. The molecule has 0 aliphatic heterocycles. The van der Waals surface area contributed by atoms with Crippen molar-refractivity contribution in [3.63, 3.8) is 0 Å². The molecule has 0 bridgehead atoms. The Kier molecular flexibility index (Phi) is 5.90. The minimum absolute atomic E-state index is 0.686. The molecule has 12 rings (SSSR count). The number of hydrogen-bond acceptors (Lipinski definition) is 4. The molecule has 53 heavy (non-hydrogen) atoms. The van der Waals surface area contributed by atoms with E-state index in [-0.39, 0.29) is 0 Å². The zero-order chi connectivity index (χ0) is 34.6. The molecule has 0 aliphatic carbocycles. The highest BCUT2D eigenvalue weighted by Gasteiger charge is 2.23. The van der Waals surface area contributed by atoms with Crippen molar-refractivity contribution in [2.24, 2.45) is 0 Å². The van der Waals surface area contributed by atoms with Crippen LogP contribution < -0.4 is 0 Å². The van der Waals surface area contributed by atoms with Crippen LogP contribution in [0.4, 0.5) is 0 Å². The molecule has 4 nitrogen and oxygen atoms in total. The van der Waals surface area contributed by atoms with Gasteiger partial charge in [0.15, 0.2) is 11.4 Å². The van der Waals surface area contributed by atoms with Crippen LogP contribution in [-0.4, -0.2) is 14.5 Å². The molecule has 0 aliphatic rings. The van der Waals surface area contributed by atoms with E-state index in [0.717, 1.165) is 65.6 Å². The standard InChI is InChI=1S/C48H27N3OS/c1-2-13-30-27-31(24-23-28(30)11-1)43-47-44(35-16-6-8-22-41(35)53-47)50-48(49-43)37-18-10-21-40-42(37)36-17-9-20-39(46(36)52-40)51-38-19-7-5-15-33(38)34-26-25-29-12-3-4-14-32(29)45(34)51/h1-27H. The fraction of sp³-hybridized carbons (Fsp3) is 0. The van der Waals surface area contributed by atoms with Crippen LogP contribution in [0, 0.1) is 0 Å². The van der Waals surface area contributed by atoms with Gasteiger partial charge in [-0.3, -0.25) is 0 Å². The van der Waals surface area contributed by atoms with Crippen molar-refractivity contribution in [3.8, 4) is 28.3 Å². The molecule has 0 fully saturated rings. The second-order valence-corrected chi connectivity index (χ2v) is 14.8. The molecule has 0 unspecified atom stereocenters. The van der Waals surface area contributed by atoms with Crippen LogP contribution in [0.15, 0.2) is 168 Å². The Morgan fingerprint density at radius 1 is 0.528 bits per heavy atom. The highest BCUT2D eigenvalue weighted by Crippen LogP contribution is 2.44. The average Bonchev–Trinajstić information content (AvgIpc) is 3.90. The number of rotatable bonds is 3. The van der Waals surface area contributed by atoms with Crippen LogP contribution in [0.5, 0.6) is 0 Å². The Hall–Kier alpha value is -6.82. The first-order chi connectivity index (χ1) is 26.3. The number of para-hydroxylation sites is 2. The van der Waals surface area contributed by atoms with Gasteiger partial charge in [0.05, 0.1) is 32.6 Å². The number of aromatic nitrogens is 3. The summed E-state index contributed by atoms with van der Waals surface area (Å²) >= 11 is 1.76. The van der Waals surface area contributed by atoms with Crippen LogP contribution in [0.1, 0.15) is 0 Å². The van der Waals surface area contributed by atoms with Crippen molar-refractivity contribution in [2.75, 3.05) is 0 Å². The van der Waals surface area contributed by atoms with Crippen molar-refractivity contribution in [1.82, 2.24) is 14.5 Å². The molecular formula is C48H27N3OS. The van der Waals surface area contributed by atoms with Crippen molar-refractivity contribution in [2.45, 2.75) is 0 Å². The molecule has 12 aromatic rings. The summed E-state index contributed by atoms with van der Waals surface area (Å²) in [6, 6.07) is 58.2. The zero-order valence-electron chi connectivity index (χ0n) is 28.2. The maximum absolute atomic E-state index is 6.91. The lowest BCUT2D eigenvalue weighted by Gasteiger charge is -2.11. The Labute approximate surface area is 306 Å². The maximum atomic E-state index is 6.91. The molecule has 4 heterocycles. The summed E-state index contributed by atoms with van der Waals surface area (Å²) in [5.74, 6) is 0.686. The number of hydrogen-bond donors (Lipinski definition) is 0. The highest BCUT2D eigenvalue weighted by atomic mass is 32.1. The van der Waals surface area contributed by atoms with Crippen LogP contribution in [0.25, 0.3) is 114 Å². The van der Waals surface area contributed by atoms with E-state index in [1.54, 1.807) is 11.3 Å². The number of thiophene rings is 1. The Bertz CT molecular complexity index is 3480. The highest BCUT2D eigenvalue weighted by molar-refractivity contribution is 7.26. The first-order valence-electron chi connectivity index (χ1n) is 17.8. The van der Waals surface area contributed by atoms with E-state index in [4.69, 9.17) is 14.4 Å². The Morgan fingerprint density at radius 2 is 1.26 bits per heavy atom. The Morgan fingerprint density at radius 3 is 2.19 bits per heavy atom. The normalized spacial score (nSPS) is 12.2. The lowest BCUT2D eigenvalue weighted by molar-refractivity contribution is 0.666. The molecular weight excluding hydrogens is 667 g/mol. The summed E-state index contributed by atoms with van der Waals surface area (Å²) < 4.78 is 11.6. The summed E-state index contributed by atoms with van der Waals surface area (Å²) in [6.45, 7) is 0. The van der Waals surface area contributed by atoms with Crippen molar-refractivity contribution < 1.29 is 4.42 Å². The smallest absolute Gasteiger partial charge is 0.161 e. The van der Waals surface area contributed by atoms with Gasteiger partial charge in [0.25, 0.3) is 0 Å². The van der Waals surface area contributed by atoms with Gasteiger partial charge in [-0.25, -0.2) is 9.97 Å². The van der Waals surface area contributed by atoms with E-state index < -0.39 is 0 Å². The van der Waals surface area contributed by atoms with Crippen LogP contribution in [-0.2, 0) is 0 Å². The van der Waals surface area contributed by atoms with E-state index in [2.05, 4.69) is 168 Å². The Balaban J connectivity index is 1.16. The molecule has 0 radical (unpaired) electrons. The SMILES string of the molecule is c1ccc2cc(-c3nc(-c4cccc5oc6c(-n7c8ccccc8c8ccc9ccccc9c87)cccc6c45)nc4c3sc3ccccc34)ccc2c1. The van der Waals surface area contributed by atoms with Crippen molar-refractivity contribution in [1.29, 1.82) is 0 Å². The van der Waals surface area contributed by atoms with Gasteiger partial charge in [-0.05, 0) is 46.5 Å². The third-order valence-corrected chi connectivity index (χ3v) is 12.0. The molecule has 0 saturated heterocycles. The molecule has 0 atom stereocenters. The van der Waals surface area contributed by atoms with Gasteiger partial charge in [0.1, 0.15) is 5.58 Å². The third-order valence-electron chi connectivity index (χ3n) is 10.8. The molecule has 0 amide bonds. The molecule has 0 spiro atoms. The molecule has 0 saturated carbocycles. The second kappa shape index (κ2) is 10.8. The topological polar surface area (TPSA) is 43.9 Å². The fourth-order valence-electron chi connectivity index (χ4n) is 8.42. The quantitative estimate of drug-likeness (QED) is 0.185. The maximum Gasteiger partial charge on any atom is 0.161 e. The van der Waals surface area contributed by atoms with E-state index in [9.17, 15) is 0 Å². The lowest BCUT2D eigenvalue weighted by atomic mass is 10.0. The van der Waals surface area contributed by atoms with Gasteiger partial charge in [-0.1, -0.05) is 133 Å². The number of furan rings is 1. The van der Waals surface area contributed by atoms with Crippen molar-refractivity contribution in [3.05, 3.63) is 164 Å². The second-order valence-electron chi connectivity index (χ2n) is 13.7. The average molecular weight is 694 g/mol. The summed E-state index contributed by atoms with van der Waals surface area (Å²) in [7, 11) is 0. The summed E-state index contributed by atoms with van der Waals surface area (Å²) in [5, 5.41) is 10.4. The summed E-state index contributed by atoms with van der Waals surface area (Å²) in [6.07, 6.45) is 0. The first-order valence-corrected chi connectivity index (χ1v) is 18.6. The summed E-state index contributed by atoms with van der Waals surface area (Å²) in [4.78, 5) is 10.8. The molecule has 246 valence electrons. The molecule has 5 heteroatoms. The fourth-order valence-corrected chi connectivity index (χ4v) is 9.57. The van der Waals surface area contributed by atoms with Crippen LogP contribution in [0.2, 0.25) is 0 Å². The first kappa shape index (κ1) is 28.8. The van der Waals surface area contributed by atoms with Gasteiger partial charge in [-0.15, -0.1) is 11.3 Å². The molecule has 4 aromatic heterocycles. The third kappa shape index (κ3) is 4.11. The zero-order valence-corrected chi connectivity index (χ0v) is 29.1. The van der Waals surface area contributed by atoms with Gasteiger partial charge >= 0.3 is 0 Å². The van der Waals surface area contributed by atoms with Crippen LogP contribution >= 0.6 is 11.3 Å². The number of benzene rings is 8. The lowest BCUT2D eigenvalue weighted by Crippen LogP contribution is -1.95. The number of nitrogens with zero attached hydrogens (tertiary/aromatic N) is 3. The van der Waals surface area contributed by atoms with Gasteiger partial charge in [0, 0.05) is 48.1 Å². The largest absolute Gasteiger partial charge is 0.454 e. The van der Waals surface area contributed by atoms with E-state index in [0.29, 0.717) is 5.82 Å². The van der Waals surface area contributed by atoms with Crippen LogP contribution in [0.3, 0.4) is 0 Å². The predicted octanol–water partition coefficient (Wildman–Crippen LogP) is 13.5. The van der Waals surface area contributed by atoms with E-state index >= 15 is 0 Å². The molecule has 8 aromatic carbocycles. The monoisotopic (exact) mass is 693 g/mol. The van der Waals surface area contributed by atoms with E-state index in [1.807, 2.05) is 0 Å². The minimum atomic E-state index is 0.686.